The van der Waals surface area contributed by atoms with Gasteiger partial charge in [-0.2, -0.15) is 5.10 Å². The number of aryl methyl sites for hydroxylation is 3. The third kappa shape index (κ3) is 6.42. The molecule has 2 aromatic heterocycles. The molecule has 0 saturated carbocycles. The summed E-state index contributed by atoms with van der Waals surface area (Å²) in [4.78, 5) is 29.5. The van der Waals surface area contributed by atoms with Crippen LogP contribution in [0.25, 0.3) is 5.65 Å². The zero-order valence-electron chi connectivity index (χ0n) is 20.2. The molecule has 0 saturated heterocycles. The normalized spacial score (nSPS) is 12.1. The Morgan fingerprint density at radius 1 is 1.13 bits per heavy atom. The summed E-state index contributed by atoms with van der Waals surface area (Å²) in [7, 11) is 0. The number of amides is 2. The summed E-state index contributed by atoms with van der Waals surface area (Å²) < 4.78 is 7.15. The average Bonchev–Trinajstić information content (AvgIpc) is 3.04. The van der Waals surface area contributed by atoms with Gasteiger partial charge in [0.05, 0.1) is 11.2 Å². The Labute approximate surface area is 185 Å². The molecule has 172 valence electrons. The third-order valence-electron chi connectivity index (χ3n) is 5.62. The number of nitrogens with one attached hydrogen (secondary N) is 2. The van der Waals surface area contributed by atoms with Crippen LogP contribution in [0.15, 0.2) is 6.07 Å². The van der Waals surface area contributed by atoms with Gasteiger partial charge in [-0.3, -0.25) is 4.79 Å². The van der Waals surface area contributed by atoms with Crippen LogP contribution in [-0.2, 0) is 16.0 Å². The lowest BCUT2D eigenvalue weighted by atomic mass is 9.92. The van der Waals surface area contributed by atoms with E-state index in [1.165, 1.54) is 0 Å². The van der Waals surface area contributed by atoms with Gasteiger partial charge in [0.2, 0.25) is 5.91 Å². The maximum atomic E-state index is 12.8. The number of alkyl carbamates (subject to hydrolysis) is 1. The SMILES string of the molecule is CCC(CC)(CNC(=O)OC(C)(C)C)NC(=O)CCc1c(C)nc2cc(C)nn2c1C. The van der Waals surface area contributed by atoms with E-state index in [1.807, 2.05) is 66.0 Å². The summed E-state index contributed by atoms with van der Waals surface area (Å²) in [6, 6.07) is 1.95. The number of aromatic nitrogens is 3. The van der Waals surface area contributed by atoms with E-state index in [0.29, 0.717) is 32.2 Å². The standard InChI is InChI=1S/C23H37N5O3/c1-9-23(10-2,14-24-21(30)31-22(6,7)8)26-20(29)12-11-18-16(4)25-19-13-15(3)27-28(19)17(18)5/h13H,9-12,14H2,1-8H3,(H,24,30)(H,26,29). The van der Waals surface area contributed by atoms with Crippen LogP contribution in [0.1, 0.15) is 76.5 Å². The van der Waals surface area contributed by atoms with E-state index in [1.54, 1.807) is 0 Å². The quantitative estimate of drug-likeness (QED) is 0.663. The molecule has 2 N–H and O–H groups in total. The summed E-state index contributed by atoms with van der Waals surface area (Å²) >= 11 is 0. The predicted molar refractivity (Wildman–Crippen MR) is 121 cm³/mol. The van der Waals surface area contributed by atoms with Crippen LogP contribution in [0.4, 0.5) is 4.79 Å². The second kappa shape index (κ2) is 9.66. The summed E-state index contributed by atoms with van der Waals surface area (Å²) in [5, 5.41) is 10.4. The maximum Gasteiger partial charge on any atom is 0.407 e. The van der Waals surface area contributed by atoms with Gasteiger partial charge in [-0.15, -0.1) is 0 Å². The minimum atomic E-state index is -0.563. The first-order valence-electron chi connectivity index (χ1n) is 11.0. The van der Waals surface area contributed by atoms with Crippen LogP contribution in [0.3, 0.4) is 0 Å². The first-order valence-corrected chi connectivity index (χ1v) is 11.0. The van der Waals surface area contributed by atoms with Crippen LogP contribution in [-0.4, -0.2) is 44.3 Å². The molecule has 31 heavy (non-hydrogen) atoms. The molecule has 2 aromatic rings. The largest absolute Gasteiger partial charge is 0.444 e. The lowest BCUT2D eigenvalue weighted by molar-refractivity contribution is -0.123. The molecule has 0 aliphatic rings. The van der Waals surface area contributed by atoms with E-state index in [-0.39, 0.29) is 5.91 Å². The Hall–Kier alpha value is -2.64. The van der Waals surface area contributed by atoms with Gasteiger partial charge in [0.15, 0.2) is 5.65 Å². The zero-order valence-corrected chi connectivity index (χ0v) is 20.2. The molecular weight excluding hydrogens is 394 g/mol. The molecule has 2 amide bonds. The second-order valence-corrected chi connectivity index (χ2v) is 9.21. The number of carbonyl (C=O) groups is 2. The van der Waals surface area contributed by atoms with E-state index in [2.05, 4.69) is 20.7 Å². The summed E-state index contributed by atoms with van der Waals surface area (Å²) in [5.41, 5.74) is 3.62. The Kier molecular flexibility index (Phi) is 7.68. The van der Waals surface area contributed by atoms with E-state index >= 15 is 0 Å². The lowest BCUT2D eigenvalue weighted by Crippen LogP contribution is -2.55. The molecular formula is C23H37N5O3. The van der Waals surface area contributed by atoms with E-state index < -0.39 is 17.2 Å². The molecule has 0 fully saturated rings. The first kappa shape index (κ1) is 24.6. The van der Waals surface area contributed by atoms with Crippen LogP contribution in [0.5, 0.6) is 0 Å². The lowest BCUT2D eigenvalue weighted by Gasteiger charge is -2.33. The van der Waals surface area contributed by atoms with Crippen molar-refractivity contribution in [2.24, 2.45) is 0 Å². The molecule has 8 heteroatoms. The molecule has 0 unspecified atom stereocenters. The van der Waals surface area contributed by atoms with Crippen molar-refractivity contribution in [1.29, 1.82) is 0 Å². The van der Waals surface area contributed by atoms with Gasteiger partial charge >= 0.3 is 6.09 Å². The van der Waals surface area contributed by atoms with Gasteiger partial charge in [-0.25, -0.2) is 14.3 Å². The number of hydrogen-bond acceptors (Lipinski definition) is 5. The average molecular weight is 432 g/mol. The number of hydrogen-bond donors (Lipinski definition) is 2. The Balaban J connectivity index is 2.03. The molecule has 0 aliphatic heterocycles. The zero-order chi connectivity index (χ0) is 23.4. The highest BCUT2D eigenvalue weighted by molar-refractivity contribution is 5.77. The van der Waals surface area contributed by atoms with Crippen LogP contribution < -0.4 is 10.6 Å². The number of carbonyl (C=O) groups excluding carboxylic acids is 2. The molecule has 0 radical (unpaired) electrons. The van der Waals surface area contributed by atoms with Crippen molar-refractivity contribution in [3.8, 4) is 0 Å². The number of ether oxygens (including phenoxy) is 1. The molecule has 0 spiro atoms. The topological polar surface area (TPSA) is 97.6 Å². The van der Waals surface area contributed by atoms with Crippen molar-refractivity contribution in [3.63, 3.8) is 0 Å². The van der Waals surface area contributed by atoms with E-state index in [0.717, 1.165) is 28.3 Å². The second-order valence-electron chi connectivity index (χ2n) is 9.21. The molecule has 0 aliphatic carbocycles. The van der Waals surface area contributed by atoms with Crippen molar-refractivity contribution < 1.29 is 14.3 Å². The fraction of sp³-hybridized carbons (Fsp3) is 0.652. The Morgan fingerprint density at radius 3 is 2.35 bits per heavy atom. The van der Waals surface area contributed by atoms with E-state index in [4.69, 9.17) is 4.74 Å². The maximum absolute atomic E-state index is 12.8. The molecule has 0 atom stereocenters. The van der Waals surface area contributed by atoms with Gasteiger partial charge in [-0.1, -0.05) is 13.8 Å². The van der Waals surface area contributed by atoms with E-state index in [9.17, 15) is 9.59 Å². The van der Waals surface area contributed by atoms with Crippen molar-refractivity contribution in [1.82, 2.24) is 25.2 Å². The summed E-state index contributed by atoms with van der Waals surface area (Å²) in [6.07, 6.45) is 1.83. The molecule has 8 nitrogen and oxygen atoms in total. The summed E-state index contributed by atoms with van der Waals surface area (Å²) in [6.45, 7) is 15.7. The number of rotatable bonds is 8. The molecule has 2 rings (SSSR count). The molecule has 0 aromatic carbocycles. The van der Waals surface area contributed by atoms with Crippen molar-refractivity contribution in [2.45, 2.75) is 92.2 Å². The minimum absolute atomic E-state index is 0.0507. The first-order chi connectivity index (χ1) is 14.4. The summed E-state index contributed by atoms with van der Waals surface area (Å²) in [5.74, 6) is -0.0507. The fourth-order valence-corrected chi connectivity index (χ4v) is 3.68. The van der Waals surface area contributed by atoms with Crippen LogP contribution >= 0.6 is 0 Å². The Morgan fingerprint density at radius 2 is 1.77 bits per heavy atom. The minimum Gasteiger partial charge on any atom is -0.444 e. The highest BCUT2D eigenvalue weighted by atomic mass is 16.6. The smallest absolute Gasteiger partial charge is 0.407 e. The number of nitrogens with zero attached hydrogens (tertiary/aromatic N) is 3. The third-order valence-corrected chi connectivity index (χ3v) is 5.62. The van der Waals surface area contributed by atoms with Gasteiger partial charge in [0.1, 0.15) is 5.60 Å². The number of fused-ring (bicyclic) bond motifs is 1. The monoisotopic (exact) mass is 431 g/mol. The van der Waals surface area contributed by atoms with Gasteiger partial charge in [0.25, 0.3) is 0 Å². The highest BCUT2D eigenvalue weighted by Gasteiger charge is 2.29. The fourth-order valence-electron chi connectivity index (χ4n) is 3.68. The van der Waals surface area contributed by atoms with Crippen molar-refractivity contribution >= 4 is 17.6 Å². The predicted octanol–water partition coefficient (Wildman–Crippen LogP) is 3.79. The van der Waals surface area contributed by atoms with Gasteiger partial charge in [0, 0.05) is 30.4 Å². The Bertz CT molecular complexity index is 939. The van der Waals surface area contributed by atoms with Crippen LogP contribution in [0, 0.1) is 20.8 Å². The molecule has 0 bridgehead atoms. The van der Waals surface area contributed by atoms with Crippen LogP contribution in [0.2, 0.25) is 0 Å². The van der Waals surface area contributed by atoms with Crippen molar-refractivity contribution in [3.05, 3.63) is 28.7 Å². The van der Waals surface area contributed by atoms with Gasteiger partial charge < -0.3 is 15.4 Å². The van der Waals surface area contributed by atoms with Gasteiger partial charge in [-0.05, 0) is 66.4 Å². The van der Waals surface area contributed by atoms with Crippen molar-refractivity contribution in [2.75, 3.05) is 6.54 Å². The highest BCUT2D eigenvalue weighted by Crippen LogP contribution is 2.19. The molecule has 2 heterocycles.